The molecule has 0 spiro atoms. The number of anilines is 1. The first-order valence-corrected chi connectivity index (χ1v) is 6.03. The van der Waals surface area contributed by atoms with Crippen LogP contribution in [0.4, 0.5) is 5.69 Å². The maximum Gasteiger partial charge on any atom is 0.255 e. The van der Waals surface area contributed by atoms with Crippen LogP contribution in [-0.2, 0) is 11.3 Å². The van der Waals surface area contributed by atoms with E-state index in [0.717, 1.165) is 12.2 Å². The average Bonchev–Trinajstić information content (AvgIpc) is 2.44. The number of benzene rings is 2. The molecule has 0 aliphatic rings. The van der Waals surface area contributed by atoms with Crippen molar-refractivity contribution in [2.24, 2.45) is 5.73 Å². The van der Waals surface area contributed by atoms with Crippen LogP contribution in [0.5, 0.6) is 5.75 Å². The largest absolute Gasteiger partial charge is 0.484 e. The first kappa shape index (κ1) is 13.0. The van der Waals surface area contributed by atoms with Gasteiger partial charge in [-0.15, -0.1) is 0 Å². The predicted octanol–water partition coefficient (Wildman–Crippen LogP) is 2.16. The molecule has 0 aliphatic heterocycles. The molecule has 0 atom stereocenters. The average molecular weight is 256 g/mol. The third-order valence-corrected chi connectivity index (χ3v) is 2.55. The Morgan fingerprint density at radius 1 is 1.11 bits per heavy atom. The Balaban J connectivity index is 1.93. The van der Waals surface area contributed by atoms with E-state index in [-0.39, 0.29) is 6.61 Å². The summed E-state index contributed by atoms with van der Waals surface area (Å²) in [4.78, 5) is 10.6. The fourth-order valence-electron chi connectivity index (χ4n) is 1.65. The van der Waals surface area contributed by atoms with Crippen LogP contribution in [0.1, 0.15) is 5.56 Å². The lowest BCUT2D eigenvalue weighted by Crippen LogP contribution is -2.20. The van der Waals surface area contributed by atoms with Gasteiger partial charge in [0.2, 0.25) is 0 Å². The summed E-state index contributed by atoms with van der Waals surface area (Å²) in [6.45, 7) is 0.627. The van der Waals surface area contributed by atoms with Gasteiger partial charge in [0.25, 0.3) is 5.91 Å². The van der Waals surface area contributed by atoms with Gasteiger partial charge in [0.05, 0.1) is 0 Å². The van der Waals surface area contributed by atoms with Crippen LogP contribution in [0.3, 0.4) is 0 Å². The van der Waals surface area contributed by atoms with Crippen LogP contribution in [0.15, 0.2) is 54.6 Å². The summed E-state index contributed by atoms with van der Waals surface area (Å²) in [5.41, 5.74) is 7.17. The molecule has 0 radical (unpaired) electrons. The number of carbonyl (C=O) groups is 1. The highest BCUT2D eigenvalue weighted by Gasteiger charge is 1.99. The zero-order valence-electron chi connectivity index (χ0n) is 10.5. The smallest absolute Gasteiger partial charge is 0.255 e. The lowest BCUT2D eigenvalue weighted by atomic mass is 10.2. The minimum absolute atomic E-state index is 0.109. The second-order valence-electron chi connectivity index (χ2n) is 4.12. The van der Waals surface area contributed by atoms with Crippen molar-refractivity contribution in [3.63, 3.8) is 0 Å². The predicted molar refractivity (Wildman–Crippen MR) is 74.9 cm³/mol. The Hall–Kier alpha value is -2.49. The van der Waals surface area contributed by atoms with Crippen LogP contribution < -0.4 is 15.8 Å². The molecule has 98 valence electrons. The van der Waals surface area contributed by atoms with Gasteiger partial charge in [0.15, 0.2) is 6.61 Å². The van der Waals surface area contributed by atoms with Gasteiger partial charge in [0.1, 0.15) is 5.75 Å². The fourth-order valence-corrected chi connectivity index (χ4v) is 1.65. The van der Waals surface area contributed by atoms with Crippen LogP contribution in [0, 0.1) is 0 Å². The van der Waals surface area contributed by atoms with Crippen molar-refractivity contribution in [3.8, 4) is 5.75 Å². The van der Waals surface area contributed by atoms with E-state index in [4.69, 9.17) is 10.5 Å². The molecule has 0 heterocycles. The van der Waals surface area contributed by atoms with Gasteiger partial charge in [-0.2, -0.15) is 0 Å². The Bertz CT molecular complexity index is 541. The summed E-state index contributed by atoms with van der Waals surface area (Å²) in [6.07, 6.45) is 0. The molecule has 3 N–H and O–H groups in total. The van der Waals surface area contributed by atoms with E-state index in [0.29, 0.717) is 5.75 Å². The van der Waals surface area contributed by atoms with Gasteiger partial charge in [-0.1, -0.05) is 36.4 Å². The van der Waals surface area contributed by atoms with E-state index in [1.165, 1.54) is 5.56 Å². The molecule has 19 heavy (non-hydrogen) atoms. The van der Waals surface area contributed by atoms with Crippen LogP contribution in [-0.4, -0.2) is 12.5 Å². The van der Waals surface area contributed by atoms with Crippen molar-refractivity contribution in [1.82, 2.24) is 0 Å². The minimum Gasteiger partial charge on any atom is -0.484 e. The van der Waals surface area contributed by atoms with Crippen molar-refractivity contribution in [2.45, 2.75) is 6.54 Å². The van der Waals surface area contributed by atoms with E-state index >= 15 is 0 Å². The molecule has 4 nitrogen and oxygen atoms in total. The zero-order chi connectivity index (χ0) is 13.5. The van der Waals surface area contributed by atoms with E-state index in [2.05, 4.69) is 17.4 Å². The monoisotopic (exact) mass is 256 g/mol. The first-order chi connectivity index (χ1) is 9.24. The molecular formula is C15H16N2O2. The number of nitrogens with one attached hydrogen (secondary N) is 1. The lowest BCUT2D eigenvalue weighted by Gasteiger charge is -2.09. The van der Waals surface area contributed by atoms with Crippen molar-refractivity contribution in [3.05, 3.63) is 60.2 Å². The van der Waals surface area contributed by atoms with Crippen molar-refractivity contribution >= 4 is 11.6 Å². The van der Waals surface area contributed by atoms with E-state index in [1.807, 2.05) is 36.4 Å². The topological polar surface area (TPSA) is 64.4 Å². The molecule has 2 rings (SSSR count). The molecule has 4 heteroatoms. The minimum atomic E-state index is -0.484. The number of hydrogen-bond donors (Lipinski definition) is 2. The SMILES string of the molecule is NC(=O)COc1cccc(NCc2ccccc2)c1. The maximum atomic E-state index is 10.6. The molecular weight excluding hydrogens is 240 g/mol. The number of carbonyl (C=O) groups excluding carboxylic acids is 1. The number of nitrogens with two attached hydrogens (primary N) is 1. The summed E-state index contributed by atoms with van der Waals surface area (Å²) in [5, 5.41) is 3.29. The van der Waals surface area contributed by atoms with Gasteiger partial charge in [-0.25, -0.2) is 0 Å². The second kappa shape index (κ2) is 6.44. The third kappa shape index (κ3) is 4.35. The fraction of sp³-hybridized carbons (Fsp3) is 0.133. The normalized spacial score (nSPS) is 9.89. The Morgan fingerprint density at radius 3 is 2.63 bits per heavy atom. The van der Waals surface area contributed by atoms with E-state index < -0.39 is 5.91 Å². The highest BCUT2D eigenvalue weighted by molar-refractivity contribution is 5.75. The number of rotatable bonds is 6. The summed E-state index contributed by atoms with van der Waals surface area (Å²) >= 11 is 0. The number of hydrogen-bond acceptors (Lipinski definition) is 3. The van der Waals surface area contributed by atoms with Gasteiger partial charge in [-0.05, 0) is 17.7 Å². The van der Waals surface area contributed by atoms with Crippen molar-refractivity contribution in [1.29, 1.82) is 0 Å². The number of primary amides is 1. The number of amides is 1. The zero-order valence-corrected chi connectivity index (χ0v) is 10.5. The summed E-state index contributed by atoms with van der Waals surface area (Å²) in [6, 6.07) is 17.5. The molecule has 1 amide bonds. The maximum absolute atomic E-state index is 10.6. The summed E-state index contributed by atoms with van der Waals surface area (Å²) in [5.74, 6) is 0.138. The molecule has 0 unspecified atom stereocenters. The molecule has 2 aromatic carbocycles. The molecule has 0 saturated carbocycles. The van der Waals surface area contributed by atoms with Crippen molar-refractivity contribution < 1.29 is 9.53 Å². The van der Waals surface area contributed by atoms with Gasteiger partial charge < -0.3 is 15.8 Å². The second-order valence-corrected chi connectivity index (χ2v) is 4.12. The van der Waals surface area contributed by atoms with Crippen LogP contribution in [0.25, 0.3) is 0 Å². The Morgan fingerprint density at radius 2 is 1.89 bits per heavy atom. The Labute approximate surface area is 112 Å². The standard InChI is InChI=1S/C15H16N2O2/c16-15(18)11-19-14-8-4-7-13(9-14)17-10-12-5-2-1-3-6-12/h1-9,17H,10-11H2,(H2,16,18). The summed E-state index contributed by atoms with van der Waals surface area (Å²) < 4.78 is 5.25. The van der Waals surface area contributed by atoms with Crippen molar-refractivity contribution in [2.75, 3.05) is 11.9 Å². The molecule has 2 aromatic rings. The first-order valence-electron chi connectivity index (χ1n) is 6.03. The van der Waals surface area contributed by atoms with Crippen LogP contribution in [0.2, 0.25) is 0 Å². The van der Waals surface area contributed by atoms with Gasteiger partial charge >= 0.3 is 0 Å². The molecule has 0 aromatic heterocycles. The molecule has 0 aliphatic carbocycles. The molecule has 0 bridgehead atoms. The Kier molecular flexibility index (Phi) is 4.39. The molecule has 0 fully saturated rings. The summed E-state index contributed by atoms with van der Waals surface area (Å²) in [7, 11) is 0. The van der Waals surface area contributed by atoms with Crippen LogP contribution >= 0.6 is 0 Å². The number of ether oxygens (including phenoxy) is 1. The lowest BCUT2D eigenvalue weighted by molar-refractivity contribution is -0.119. The molecule has 0 saturated heterocycles. The van der Waals surface area contributed by atoms with Gasteiger partial charge in [0, 0.05) is 18.3 Å². The van der Waals surface area contributed by atoms with E-state index in [9.17, 15) is 4.79 Å². The highest BCUT2D eigenvalue weighted by atomic mass is 16.5. The quantitative estimate of drug-likeness (QED) is 0.832. The highest BCUT2D eigenvalue weighted by Crippen LogP contribution is 2.17. The van der Waals surface area contributed by atoms with E-state index in [1.54, 1.807) is 6.07 Å². The third-order valence-electron chi connectivity index (χ3n) is 2.55. The van der Waals surface area contributed by atoms with Gasteiger partial charge in [-0.3, -0.25) is 4.79 Å².